The van der Waals surface area contributed by atoms with Crippen LogP contribution in [0.2, 0.25) is 5.02 Å². The Morgan fingerprint density at radius 3 is 2.41 bits per heavy atom. The molecular formula is C20H29ClFN3O2. The molecule has 0 spiro atoms. The Labute approximate surface area is 165 Å². The average molecular weight is 398 g/mol. The number of nitrogens with one attached hydrogen (secondary N) is 3. The van der Waals surface area contributed by atoms with Crippen molar-refractivity contribution in [1.82, 2.24) is 16.0 Å². The van der Waals surface area contributed by atoms with Gasteiger partial charge in [0.1, 0.15) is 5.82 Å². The summed E-state index contributed by atoms with van der Waals surface area (Å²) in [5.41, 5.74) is 0.0146. The molecule has 1 aliphatic carbocycles. The molecule has 0 unspecified atom stereocenters. The summed E-state index contributed by atoms with van der Waals surface area (Å²) in [6, 6.07) is 4.15. The fourth-order valence-corrected chi connectivity index (χ4v) is 3.52. The summed E-state index contributed by atoms with van der Waals surface area (Å²) >= 11 is 5.79. The zero-order valence-corrected chi connectivity index (χ0v) is 17.0. The third-order valence-electron chi connectivity index (χ3n) is 4.59. The fourth-order valence-electron chi connectivity index (χ4n) is 3.29. The lowest BCUT2D eigenvalue weighted by Gasteiger charge is -2.29. The maximum Gasteiger partial charge on any atom is 0.251 e. The summed E-state index contributed by atoms with van der Waals surface area (Å²) in [4.78, 5) is 24.0. The van der Waals surface area contributed by atoms with Crippen LogP contribution in [0, 0.1) is 11.7 Å². The van der Waals surface area contributed by atoms with Crippen molar-refractivity contribution < 1.29 is 14.0 Å². The van der Waals surface area contributed by atoms with Crippen LogP contribution in [0.4, 0.5) is 4.39 Å². The zero-order valence-electron chi connectivity index (χ0n) is 16.2. The molecule has 2 amide bonds. The quantitative estimate of drug-likeness (QED) is 0.690. The van der Waals surface area contributed by atoms with Gasteiger partial charge in [-0.15, -0.1) is 0 Å². The van der Waals surface area contributed by atoms with Gasteiger partial charge < -0.3 is 16.0 Å². The molecule has 1 fully saturated rings. The van der Waals surface area contributed by atoms with Gasteiger partial charge in [0, 0.05) is 28.7 Å². The van der Waals surface area contributed by atoms with Crippen LogP contribution in [-0.2, 0) is 4.79 Å². The zero-order chi connectivity index (χ0) is 20.0. The predicted molar refractivity (Wildman–Crippen MR) is 105 cm³/mol. The van der Waals surface area contributed by atoms with E-state index in [0.29, 0.717) is 25.0 Å². The molecule has 0 saturated heterocycles. The minimum atomic E-state index is -0.519. The molecule has 0 radical (unpaired) electrons. The van der Waals surface area contributed by atoms with E-state index in [0.717, 1.165) is 25.7 Å². The van der Waals surface area contributed by atoms with E-state index in [1.807, 2.05) is 20.8 Å². The number of hydrogen-bond acceptors (Lipinski definition) is 3. The minimum absolute atomic E-state index is 0.00522. The smallest absolute Gasteiger partial charge is 0.251 e. The van der Waals surface area contributed by atoms with Crippen molar-refractivity contribution in [3.05, 3.63) is 34.6 Å². The fraction of sp³-hybridized carbons (Fsp3) is 0.600. The van der Waals surface area contributed by atoms with Gasteiger partial charge in [-0.2, -0.15) is 0 Å². The highest BCUT2D eigenvalue weighted by Crippen LogP contribution is 2.24. The Bertz CT molecular complexity index is 647. The first-order chi connectivity index (χ1) is 12.6. The van der Waals surface area contributed by atoms with Crippen molar-refractivity contribution in [2.24, 2.45) is 5.92 Å². The number of hydrogen-bond donors (Lipinski definition) is 3. The molecule has 1 aromatic rings. The highest BCUT2D eigenvalue weighted by Gasteiger charge is 2.22. The number of rotatable bonds is 6. The largest absolute Gasteiger partial charge is 0.352 e. The van der Waals surface area contributed by atoms with E-state index in [4.69, 9.17) is 11.6 Å². The molecule has 7 heteroatoms. The predicted octanol–water partition coefficient (Wildman–Crippen LogP) is 3.27. The van der Waals surface area contributed by atoms with Crippen LogP contribution in [-0.4, -0.2) is 36.5 Å². The van der Waals surface area contributed by atoms with Crippen LogP contribution in [0.15, 0.2) is 18.2 Å². The summed E-state index contributed by atoms with van der Waals surface area (Å²) in [6.45, 7) is 6.76. The van der Waals surface area contributed by atoms with E-state index in [2.05, 4.69) is 16.0 Å². The molecule has 5 nitrogen and oxygen atoms in total. The Morgan fingerprint density at radius 1 is 1.15 bits per heavy atom. The van der Waals surface area contributed by atoms with E-state index in [-0.39, 0.29) is 27.9 Å². The van der Waals surface area contributed by atoms with Gasteiger partial charge in [0.15, 0.2) is 0 Å². The van der Waals surface area contributed by atoms with Crippen molar-refractivity contribution in [3.8, 4) is 0 Å². The lowest BCUT2D eigenvalue weighted by Crippen LogP contribution is -2.47. The Balaban J connectivity index is 1.68. The van der Waals surface area contributed by atoms with Crippen LogP contribution in [0.1, 0.15) is 56.8 Å². The molecule has 0 bridgehead atoms. The van der Waals surface area contributed by atoms with E-state index < -0.39 is 5.82 Å². The summed E-state index contributed by atoms with van der Waals surface area (Å²) in [7, 11) is 0. The van der Waals surface area contributed by atoms with Gasteiger partial charge in [-0.25, -0.2) is 4.39 Å². The van der Waals surface area contributed by atoms with E-state index >= 15 is 0 Å². The third kappa shape index (κ3) is 7.85. The van der Waals surface area contributed by atoms with Gasteiger partial charge in [-0.05, 0) is 70.6 Å². The van der Waals surface area contributed by atoms with Gasteiger partial charge in [-0.3, -0.25) is 9.59 Å². The van der Waals surface area contributed by atoms with Crippen LogP contribution < -0.4 is 16.0 Å². The molecule has 2 rings (SSSR count). The number of halogens is 2. The standard InChI is InChI=1S/C20H29ClFN3O2/c1-20(2,3)25-18(26)12-23-17-6-4-13(5-7-17)11-24-19(27)14-8-15(21)10-16(22)9-14/h8-10,13,17,23H,4-7,11-12H2,1-3H3,(H,24,27)(H,25,26). The Hall–Kier alpha value is -1.66. The maximum absolute atomic E-state index is 13.3. The SMILES string of the molecule is CC(C)(C)NC(=O)CNC1CCC(CNC(=O)c2cc(F)cc(Cl)c2)CC1. The van der Waals surface area contributed by atoms with Crippen molar-refractivity contribution in [2.75, 3.05) is 13.1 Å². The van der Waals surface area contributed by atoms with Crippen molar-refractivity contribution in [2.45, 2.75) is 58.0 Å². The molecule has 1 saturated carbocycles. The molecule has 0 aromatic heterocycles. The second-order valence-corrected chi connectivity index (χ2v) is 8.70. The first-order valence-electron chi connectivity index (χ1n) is 9.41. The van der Waals surface area contributed by atoms with E-state index in [1.54, 1.807) is 0 Å². The van der Waals surface area contributed by atoms with Gasteiger partial charge in [0.2, 0.25) is 5.91 Å². The second-order valence-electron chi connectivity index (χ2n) is 8.26. The van der Waals surface area contributed by atoms with Crippen LogP contribution >= 0.6 is 11.6 Å². The van der Waals surface area contributed by atoms with Crippen LogP contribution in [0.25, 0.3) is 0 Å². The molecule has 150 valence electrons. The first kappa shape index (κ1) is 21.6. The second kappa shape index (κ2) is 9.51. The Kier molecular flexibility index (Phi) is 7.62. The normalized spacial score (nSPS) is 20.2. The van der Waals surface area contributed by atoms with Crippen LogP contribution in [0.3, 0.4) is 0 Å². The third-order valence-corrected chi connectivity index (χ3v) is 4.81. The summed E-state index contributed by atoms with van der Waals surface area (Å²) < 4.78 is 13.3. The maximum atomic E-state index is 13.3. The number of carbonyl (C=O) groups excluding carboxylic acids is 2. The highest BCUT2D eigenvalue weighted by molar-refractivity contribution is 6.31. The lowest BCUT2D eigenvalue weighted by molar-refractivity contribution is -0.121. The van der Waals surface area contributed by atoms with Crippen molar-refractivity contribution in [1.29, 1.82) is 0 Å². The topological polar surface area (TPSA) is 70.2 Å². The monoisotopic (exact) mass is 397 g/mol. The minimum Gasteiger partial charge on any atom is -0.352 e. The number of amides is 2. The van der Waals surface area contributed by atoms with E-state index in [9.17, 15) is 14.0 Å². The van der Waals surface area contributed by atoms with Gasteiger partial charge in [0.25, 0.3) is 5.91 Å². The number of benzene rings is 1. The van der Waals surface area contributed by atoms with Gasteiger partial charge in [0.05, 0.1) is 6.54 Å². The molecule has 1 aromatic carbocycles. The average Bonchev–Trinajstić information content (AvgIpc) is 2.56. The molecule has 3 N–H and O–H groups in total. The molecular weight excluding hydrogens is 369 g/mol. The van der Waals surface area contributed by atoms with Crippen LogP contribution in [0.5, 0.6) is 0 Å². The van der Waals surface area contributed by atoms with E-state index in [1.165, 1.54) is 18.2 Å². The Morgan fingerprint density at radius 2 is 1.81 bits per heavy atom. The van der Waals surface area contributed by atoms with Crippen molar-refractivity contribution in [3.63, 3.8) is 0 Å². The summed E-state index contributed by atoms with van der Waals surface area (Å²) in [5.74, 6) is -0.435. The molecule has 0 atom stereocenters. The molecule has 0 aliphatic heterocycles. The highest BCUT2D eigenvalue weighted by atomic mass is 35.5. The first-order valence-corrected chi connectivity index (χ1v) is 9.79. The molecule has 1 aliphatic rings. The lowest BCUT2D eigenvalue weighted by atomic mass is 9.86. The molecule has 27 heavy (non-hydrogen) atoms. The van der Waals surface area contributed by atoms with Gasteiger partial charge >= 0.3 is 0 Å². The van der Waals surface area contributed by atoms with Crippen molar-refractivity contribution >= 4 is 23.4 Å². The molecule has 0 heterocycles. The number of carbonyl (C=O) groups is 2. The summed E-state index contributed by atoms with van der Waals surface area (Å²) in [6.07, 6.45) is 3.88. The van der Waals surface area contributed by atoms with Gasteiger partial charge in [-0.1, -0.05) is 11.6 Å². The summed E-state index contributed by atoms with van der Waals surface area (Å²) in [5, 5.41) is 9.33.